The molecule has 0 N–H and O–H groups in total. The van der Waals surface area contributed by atoms with Crippen molar-refractivity contribution >= 4 is 44.9 Å². The molecule has 8 heteroatoms. The topological polar surface area (TPSA) is 68.9 Å². The van der Waals surface area contributed by atoms with E-state index in [1.165, 1.54) is 11.5 Å². The van der Waals surface area contributed by atoms with Crippen LogP contribution in [0.3, 0.4) is 0 Å². The van der Waals surface area contributed by atoms with Crippen molar-refractivity contribution in [3.05, 3.63) is 40.8 Å². The summed E-state index contributed by atoms with van der Waals surface area (Å²) in [5, 5.41) is 12.2. The van der Waals surface area contributed by atoms with E-state index in [4.69, 9.17) is 11.6 Å². The van der Waals surface area contributed by atoms with Crippen LogP contribution in [0.4, 0.5) is 10.8 Å². The van der Waals surface area contributed by atoms with E-state index in [0.717, 1.165) is 66.6 Å². The number of halogens is 1. The molecule has 0 radical (unpaired) electrons. The molecule has 1 aromatic carbocycles. The predicted octanol–water partition coefficient (Wildman–Crippen LogP) is 3.89. The van der Waals surface area contributed by atoms with E-state index < -0.39 is 0 Å². The zero-order chi connectivity index (χ0) is 18.8. The van der Waals surface area contributed by atoms with Gasteiger partial charge in [0.1, 0.15) is 11.9 Å². The molecule has 0 unspecified atom stereocenters. The fourth-order valence-electron chi connectivity index (χ4n) is 3.42. The second-order valence-electron chi connectivity index (χ2n) is 6.47. The van der Waals surface area contributed by atoms with Gasteiger partial charge < -0.3 is 9.80 Å². The molecule has 0 aliphatic carbocycles. The van der Waals surface area contributed by atoms with Gasteiger partial charge in [-0.25, -0.2) is 4.98 Å². The third-order valence-electron chi connectivity index (χ3n) is 4.78. The number of pyridine rings is 1. The minimum atomic E-state index is 0.586. The Hall–Kier alpha value is -2.43. The molecule has 2 aromatic heterocycles. The Kier molecular flexibility index (Phi) is 5.10. The van der Waals surface area contributed by atoms with Crippen LogP contribution in [-0.4, -0.2) is 40.5 Å². The molecule has 0 bridgehead atoms. The van der Waals surface area contributed by atoms with Gasteiger partial charge in [0.25, 0.3) is 0 Å². The smallest absolute Gasteiger partial charge is 0.205 e. The van der Waals surface area contributed by atoms with Gasteiger partial charge in [-0.1, -0.05) is 18.5 Å². The first-order chi connectivity index (χ1) is 13.2. The number of nitriles is 1. The van der Waals surface area contributed by atoms with Crippen LogP contribution in [0.5, 0.6) is 0 Å². The van der Waals surface area contributed by atoms with Crippen LogP contribution < -0.4 is 9.80 Å². The lowest BCUT2D eigenvalue weighted by atomic mass is 10.1. The minimum Gasteiger partial charge on any atom is -0.368 e. The first kappa shape index (κ1) is 18.0. The molecular formula is C19H19ClN6S. The number of fused-ring (bicyclic) bond motifs is 1. The van der Waals surface area contributed by atoms with Crippen LogP contribution in [0.2, 0.25) is 5.02 Å². The molecule has 4 rings (SSSR count). The molecule has 1 aliphatic rings. The summed E-state index contributed by atoms with van der Waals surface area (Å²) in [5.41, 5.74) is 2.37. The Labute approximate surface area is 167 Å². The van der Waals surface area contributed by atoms with Crippen LogP contribution in [-0.2, 0) is 6.42 Å². The molecule has 0 saturated carbocycles. The fourth-order valence-corrected chi connectivity index (χ4v) is 4.40. The lowest BCUT2D eigenvalue weighted by Crippen LogP contribution is -2.31. The van der Waals surface area contributed by atoms with Crippen molar-refractivity contribution in [1.82, 2.24) is 14.3 Å². The van der Waals surface area contributed by atoms with E-state index in [2.05, 4.69) is 37.1 Å². The van der Waals surface area contributed by atoms with Crippen LogP contribution >= 0.6 is 23.1 Å². The number of hydrogen-bond donors (Lipinski definition) is 0. The van der Waals surface area contributed by atoms with Crippen molar-refractivity contribution in [2.45, 2.75) is 19.8 Å². The highest BCUT2D eigenvalue weighted by Gasteiger charge is 2.22. The van der Waals surface area contributed by atoms with Gasteiger partial charge in [-0.05, 0) is 24.6 Å². The maximum Gasteiger partial charge on any atom is 0.205 e. The standard InChI is InChI=1S/C19H19ClN6S/c1-2-17-23-19(27-24-17)26-7-3-6-25(8-9-26)18-13(11-21)12-22-16-5-4-14(20)10-15(16)18/h4-5,10,12H,2-3,6-9H2,1H3. The first-order valence-electron chi connectivity index (χ1n) is 9.00. The van der Waals surface area contributed by atoms with Crippen molar-refractivity contribution in [3.63, 3.8) is 0 Å². The van der Waals surface area contributed by atoms with Gasteiger partial charge in [0, 0.05) is 60.7 Å². The Morgan fingerprint density at radius 2 is 2.04 bits per heavy atom. The molecule has 3 aromatic rings. The normalized spacial score (nSPS) is 15.0. The van der Waals surface area contributed by atoms with E-state index in [0.29, 0.717) is 10.6 Å². The number of rotatable bonds is 3. The summed E-state index contributed by atoms with van der Waals surface area (Å²) in [6, 6.07) is 7.94. The maximum absolute atomic E-state index is 9.63. The molecule has 0 amide bonds. The van der Waals surface area contributed by atoms with E-state index in [9.17, 15) is 5.26 Å². The molecular weight excluding hydrogens is 380 g/mol. The monoisotopic (exact) mass is 398 g/mol. The Morgan fingerprint density at radius 1 is 1.22 bits per heavy atom. The summed E-state index contributed by atoms with van der Waals surface area (Å²) in [6.45, 7) is 5.52. The summed E-state index contributed by atoms with van der Waals surface area (Å²) in [4.78, 5) is 13.6. The summed E-state index contributed by atoms with van der Waals surface area (Å²) >= 11 is 7.69. The number of aryl methyl sites for hydroxylation is 1. The van der Waals surface area contributed by atoms with Gasteiger partial charge in [0.2, 0.25) is 5.13 Å². The molecule has 3 heterocycles. The second-order valence-corrected chi connectivity index (χ2v) is 7.63. The number of nitrogens with zero attached hydrogens (tertiary/aromatic N) is 6. The first-order valence-corrected chi connectivity index (χ1v) is 10.2. The van der Waals surface area contributed by atoms with Crippen molar-refractivity contribution in [2.75, 3.05) is 36.0 Å². The second kappa shape index (κ2) is 7.67. The molecule has 138 valence electrons. The van der Waals surface area contributed by atoms with Crippen molar-refractivity contribution in [2.24, 2.45) is 0 Å². The molecule has 0 atom stereocenters. The molecule has 1 fully saturated rings. The van der Waals surface area contributed by atoms with Gasteiger partial charge in [-0.2, -0.15) is 9.64 Å². The average Bonchev–Trinajstić information content (AvgIpc) is 3.04. The highest BCUT2D eigenvalue weighted by Crippen LogP contribution is 2.32. The molecule has 1 aliphatic heterocycles. The highest BCUT2D eigenvalue weighted by molar-refractivity contribution is 7.09. The maximum atomic E-state index is 9.63. The Balaban J connectivity index is 1.66. The van der Waals surface area contributed by atoms with Crippen LogP contribution in [0.1, 0.15) is 24.7 Å². The molecule has 0 spiro atoms. The third kappa shape index (κ3) is 3.55. The van der Waals surface area contributed by atoms with Crippen molar-refractivity contribution < 1.29 is 0 Å². The minimum absolute atomic E-state index is 0.586. The SMILES string of the molecule is CCc1nsc(N2CCCN(c3c(C#N)cnc4ccc(Cl)cc34)CC2)n1. The van der Waals surface area contributed by atoms with E-state index in [-0.39, 0.29) is 0 Å². The van der Waals surface area contributed by atoms with Gasteiger partial charge in [0.05, 0.1) is 16.8 Å². The van der Waals surface area contributed by atoms with E-state index in [1.54, 1.807) is 6.20 Å². The molecule has 6 nitrogen and oxygen atoms in total. The van der Waals surface area contributed by atoms with Crippen molar-refractivity contribution in [1.29, 1.82) is 5.26 Å². The summed E-state index contributed by atoms with van der Waals surface area (Å²) in [5.74, 6) is 0.901. The van der Waals surface area contributed by atoms with Crippen LogP contribution in [0, 0.1) is 11.3 Å². The molecule has 1 saturated heterocycles. The Bertz CT molecular complexity index is 1010. The fraction of sp³-hybridized carbons (Fsp3) is 0.368. The summed E-state index contributed by atoms with van der Waals surface area (Å²) in [7, 11) is 0. The summed E-state index contributed by atoms with van der Waals surface area (Å²) < 4.78 is 4.40. The molecule has 27 heavy (non-hydrogen) atoms. The van der Waals surface area contributed by atoms with E-state index in [1.807, 2.05) is 18.2 Å². The average molecular weight is 399 g/mol. The lowest BCUT2D eigenvalue weighted by Gasteiger charge is -2.25. The highest BCUT2D eigenvalue weighted by atomic mass is 35.5. The lowest BCUT2D eigenvalue weighted by molar-refractivity contribution is 0.802. The largest absolute Gasteiger partial charge is 0.368 e. The number of anilines is 2. The number of benzene rings is 1. The van der Waals surface area contributed by atoms with E-state index >= 15 is 0 Å². The van der Waals surface area contributed by atoms with Gasteiger partial charge >= 0.3 is 0 Å². The zero-order valence-electron chi connectivity index (χ0n) is 15.0. The van der Waals surface area contributed by atoms with Crippen LogP contribution in [0.15, 0.2) is 24.4 Å². The summed E-state index contributed by atoms with van der Waals surface area (Å²) in [6.07, 6.45) is 3.49. The van der Waals surface area contributed by atoms with Crippen molar-refractivity contribution in [3.8, 4) is 6.07 Å². The van der Waals surface area contributed by atoms with Crippen LogP contribution in [0.25, 0.3) is 10.9 Å². The third-order valence-corrected chi connectivity index (χ3v) is 5.83. The quantitative estimate of drug-likeness (QED) is 0.666. The van der Waals surface area contributed by atoms with Gasteiger partial charge in [-0.3, -0.25) is 4.98 Å². The predicted molar refractivity (Wildman–Crippen MR) is 110 cm³/mol. The Morgan fingerprint density at radius 3 is 2.81 bits per heavy atom. The van der Waals surface area contributed by atoms with Gasteiger partial charge in [0.15, 0.2) is 0 Å². The number of hydrogen-bond acceptors (Lipinski definition) is 7. The van der Waals surface area contributed by atoms with Gasteiger partial charge in [-0.15, -0.1) is 0 Å². The number of aromatic nitrogens is 3. The zero-order valence-corrected chi connectivity index (χ0v) is 16.6.